The van der Waals surface area contributed by atoms with Crippen LogP contribution in [-0.4, -0.2) is 22.0 Å². The second-order valence-corrected chi connectivity index (χ2v) is 6.27. The predicted octanol–water partition coefficient (Wildman–Crippen LogP) is 3.81. The molecule has 0 aromatic heterocycles. The van der Waals surface area contributed by atoms with Crippen molar-refractivity contribution in [2.45, 2.75) is 12.2 Å². The maximum atomic E-state index is 13.7. The molecule has 1 atom stereocenters. The van der Waals surface area contributed by atoms with Gasteiger partial charge in [-0.3, -0.25) is 14.9 Å². The molecule has 0 saturated heterocycles. The standard InChI is InChI=1S/C18H12F3N3O3S/c19-18(20,21)16-13(15(25)10-5-2-1-3-6-10)14(22-17(28)23-16)11-7-4-8-12(9-11)24(26)27/h1-9,14H,(H2,22,23,28)/t14-/m1/s1. The van der Waals surface area contributed by atoms with E-state index in [4.69, 9.17) is 12.2 Å². The van der Waals surface area contributed by atoms with Crippen molar-refractivity contribution in [3.05, 3.63) is 87.1 Å². The molecule has 1 aliphatic rings. The minimum absolute atomic E-state index is 0.0473. The Morgan fingerprint density at radius 1 is 1.11 bits per heavy atom. The number of nitrogens with one attached hydrogen (secondary N) is 2. The van der Waals surface area contributed by atoms with Gasteiger partial charge in [-0.15, -0.1) is 0 Å². The molecule has 1 heterocycles. The number of allylic oxidation sites excluding steroid dienone is 1. The third-order valence-electron chi connectivity index (χ3n) is 4.05. The Bertz CT molecular complexity index is 990. The zero-order valence-corrected chi connectivity index (χ0v) is 14.8. The second-order valence-electron chi connectivity index (χ2n) is 5.87. The van der Waals surface area contributed by atoms with Crippen molar-refractivity contribution >= 4 is 28.8 Å². The minimum Gasteiger partial charge on any atom is -0.351 e. The van der Waals surface area contributed by atoms with E-state index in [-0.39, 0.29) is 21.9 Å². The fourth-order valence-corrected chi connectivity index (χ4v) is 3.07. The van der Waals surface area contributed by atoms with Crippen LogP contribution in [0, 0.1) is 10.1 Å². The molecule has 6 nitrogen and oxygen atoms in total. The summed E-state index contributed by atoms with van der Waals surface area (Å²) in [4.78, 5) is 23.3. The van der Waals surface area contributed by atoms with Gasteiger partial charge < -0.3 is 10.6 Å². The number of hydrogen-bond acceptors (Lipinski definition) is 4. The second kappa shape index (κ2) is 7.39. The van der Waals surface area contributed by atoms with Crippen molar-refractivity contribution in [2.75, 3.05) is 0 Å². The van der Waals surface area contributed by atoms with E-state index in [0.717, 1.165) is 6.07 Å². The van der Waals surface area contributed by atoms with Crippen molar-refractivity contribution in [2.24, 2.45) is 0 Å². The number of carbonyl (C=O) groups is 1. The molecule has 2 aromatic carbocycles. The lowest BCUT2D eigenvalue weighted by molar-refractivity contribution is -0.384. The van der Waals surface area contributed by atoms with Crippen LogP contribution in [0.2, 0.25) is 0 Å². The van der Waals surface area contributed by atoms with Gasteiger partial charge in [0.25, 0.3) is 5.69 Å². The van der Waals surface area contributed by atoms with Crippen molar-refractivity contribution in [1.82, 2.24) is 10.6 Å². The zero-order chi connectivity index (χ0) is 20.5. The summed E-state index contributed by atoms with van der Waals surface area (Å²) >= 11 is 4.87. The highest BCUT2D eigenvalue weighted by molar-refractivity contribution is 7.80. The van der Waals surface area contributed by atoms with Crippen LogP contribution in [-0.2, 0) is 0 Å². The van der Waals surface area contributed by atoms with E-state index in [1.807, 2.05) is 5.32 Å². The van der Waals surface area contributed by atoms with Crippen molar-refractivity contribution < 1.29 is 22.9 Å². The average molecular weight is 407 g/mol. The lowest BCUT2D eigenvalue weighted by Crippen LogP contribution is -2.49. The molecule has 0 aliphatic carbocycles. The molecule has 3 rings (SSSR count). The molecule has 0 bridgehead atoms. The summed E-state index contributed by atoms with van der Waals surface area (Å²) in [5.41, 5.74) is -2.07. The number of carbonyl (C=O) groups excluding carboxylic acids is 1. The number of Topliss-reactive ketones (excluding diaryl/α,β-unsaturated/α-hetero) is 1. The molecule has 28 heavy (non-hydrogen) atoms. The van der Waals surface area contributed by atoms with E-state index in [0.29, 0.717) is 0 Å². The molecule has 0 unspecified atom stereocenters. The van der Waals surface area contributed by atoms with Gasteiger partial charge in [0.05, 0.1) is 16.5 Å². The smallest absolute Gasteiger partial charge is 0.351 e. The Labute approximate surface area is 162 Å². The van der Waals surface area contributed by atoms with E-state index in [1.165, 1.54) is 42.5 Å². The number of nitrogens with zero attached hydrogens (tertiary/aromatic N) is 1. The van der Waals surface area contributed by atoms with Gasteiger partial charge in [-0.2, -0.15) is 13.2 Å². The number of alkyl halides is 3. The Morgan fingerprint density at radius 3 is 2.39 bits per heavy atom. The molecule has 10 heteroatoms. The summed E-state index contributed by atoms with van der Waals surface area (Å²) in [5.74, 6) is -0.869. The average Bonchev–Trinajstić information content (AvgIpc) is 2.67. The molecule has 0 radical (unpaired) electrons. The quantitative estimate of drug-likeness (QED) is 0.347. The first-order valence-corrected chi connectivity index (χ1v) is 8.32. The number of nitro groups is 1. The van der Waals surface area contributed by atoms with Crippen LogP contribution in [0.5, 0.6) is 0 Å². The molecule has 0 fully saturated rings. The lowest BCUT2D eigenvalue weighted by Gasteiger charge is -2.32. The number of hydrogen-bond donors (Lipinski definition) is 2. The number of thiocarbonyl (C=S) groups is 1. The van der Waals surface area contributed by atoms with Crippen molar-refractivity contribution in [3.63, 3.8) is 0 Å². The van der Waals surface area contributed by atoms with Crippen LogP contribution in [0.1, 0.15) is 22.0 Å². The molecule has 144 valence electrons. The van der Waals surface area contributed by atoms with E-state index in [9.17, 15) is 28.1 Å². The Hall–Kier alpha value is -3.27. The van der Waals surface area contributed by atoms with Crippen molar-refractivity contribution in [1.29, 1.82) is 0 Å². The van der Waals surface area contributed by atoms with Gasteiger partial charge >= 0.3 is 6.18 Å². The van der Waals surface area contributed by atoms with E-state index in [1.54, 1.807) is 6.07 Å². The Balaban J connectivity index is 2.21. The molecule has 0 saturated carbocycles. The van der Waals surface area contributed by atoms with Gasteiger partial charge in [-0.05, 0) is 17.8 Å². The monoisotopic (exact) mass is 407 g/mol. The van der Waals surface area contributed by atoms with Crippen LogP contribution in [0.15, 0.2) is 65.9 Å². The first-order valence-electron chi connectivity index (χ1n) is 7.91. The molecule has 0 amide bonds. The van der Waals surface area contributed by atoms with Crippen LogP contribution in [0.4, 0.5) is 18.9 Å². The summed E-state index contributed by atoms with van der Waals surface area (Å²) in [7, 11) is 0. The topological polar surface area (TPSA) is 84.3 Å². The van der Waals surface area contributed by atoms with E-state index < -0.39 is 34.2 Å². The first kappa shape index (κ1) is 19.5. The molecule has 2 N–H and O–H groups in total. The zero-order valence-electron chi connectivity index (χ0n) is 14.0. The lowest BCUT2D eigenvalue weighted by atomic mass is 9.89. The highest BCUT2D eigenvalue weighted by Crippen LogP contribution is 2.37. The maximum Gasteiger partial charge on any atom is 0.431 e. The number of benzene rings is 2. The minimum atomic E-state index is -4.88. The summed E-state index contributed by atoms with van der Waals surface area (Å²) in [6.45, 7) is 0. The summed E-state index contributed by atoms with van der Waals surface area (Å²) in [6.07, 6.45) is -4.88. The molecule has 1 aliphatic heterocycles. The van der Waals surface area contributed by atoms with Crippen LogP contribution in [0.25, 0.3) is 0 Å². The summed E-state index contributed by atoms with van der Waals surface area (Å²) < 4.78 is 41.0. The number of halogens is 3. The van der Waals surface area contributed by atoms with Gasteiger partial charge in [-0.1, -0.05) is 42.5 Å². The fourth-order valence-electron chi connectivity index (χ4n) is 2.85. The first-order chi connectivity index (χ1) is 13.2. The van der Waals surface area contributed by atoms with E-state index in [2.05, 4.69) is 5.32 Å². The summed E-state index contributed by atoms with van der Waals surface area (Å²) in [5, 5.41) is 15.3. The summed E-state index contributed by atoms with van der Waals surface area (Å²) in [6, 6.07) is 11.2. The van der Waals surface area contributed by atoms with Gasteiger partial charge in [0.2, 0.25) is 0 Å². The molecule has 2 aromatic rings. The normalized spacial score (nSPS) is 17.0. The van der Waals surface area contributed by atoms with Crippen LogP contribution < -0.4 is 10.6 Å². The predicted molar refractivity (Wildman–Crippen MR) is 98.6 cm³/mol. The van der Waals surface area contributed by atoms with Crippen molar-refractivity contribution in [3.8, 4) is 0 Å². The molecular weight excluding hydrogens is 395 g/mol. The van der Waals surface area contributed by atoms with Crippen LogP contribution >= 0.6 is 12.2 Å². The molecule has 0 spiro atoms. The third kappa shape index (κ3) is 3.86. The van der Waals surface area contributed by atoms with Gasteiger partial charge in [0, 0.05) is 17.7 Å². The largest absolute Gasteiger partial charge is 0.431 e. The SMILES string of the molecule is O=C(C1=C(C(F)(F)F)NC(=S)N[C@@H]1c1cccc([N+](=O)[O-])c1)c1ccccc1. The highest BCUT2D eigenvalue weighted by atomic mass is 32.1. The van der Waals surface area contributed by atoms with E-state index >= 15 is 0 Å². The number of nitro benzene ring substituents is 1. The van der Waals surface area contributed by atoms with Gasteiger partial charge in [-0.25, -0.2) is 0 Å². The third-order valence-corrected chi connectivity index (χ3v) is 4.27. The highest BCUT2D eigenvalue weighted by Gasteiger charge is 2.44. The number of ketones is 1. The Kier molecular flexibility index (Phi) is 5.14. The van der Waals surface area contributed by atoms with Gasteiger partial charge in [0.15, 0.2) is 10.9 Å². The Morgan fingerprint density at radius 2 is 1.79 bits per heavy atom. The maximum absolute atomic E-state index is 13.7. The number of non-ortho nitro benzene ring substituents is 1. The van der Waals surface area contributed by atoms with Gasteiger partial charge in [0.1, 0.15) is 5.70 Å². The molecular formula is C18H12F3N3O3S. The van der Waals surface area contributed by atoms with Crippen LogP contribution in [0.3, 0.4) is 0 Å². The number of rotatable bonds is 4. The fraction of sp³-hybridized carbons (Fsp3) is 0.111.